The molecule has 2 aromatic carbocycles. The van der Waals surface area contributed by atoms with Crippen LogP contribution in [-0.2, 0) is 20.7 Å². The fraction of sp³-hybridized carbons (Fsp3) is 0.250. The maximum Gasteiger partial charge on any atom is 0.306 e. The summed E-state index contributed by atoms with van der Waals surface area (Å²) < 4.78 is 11.6. The molecule has 0 aliphatic heterocycles. The number of aromatic nitrogens is 1. The van der Waals surface area contributed by atoms with Gasteiger partial charge in [-0.1, -0.05) is 24.3 Å². The first-order valence-corrected chi connectivity index (χ1v) is 9.49. The summed E-state index contributed by atoms with van der Waals surface area (Å²) in [7, 11) is 0. The number of rotatable bonds is 8. The molecule has 0 aliphatic carbocycles. The molecule has 27 heavy (non-hydrogen) atoms. The second kappa shape index (κ2) is 9.14. The highest BCUT2D eigenvalue weighted by Gasteiger charge is 2.12. The number of benzene rings is 2. The van der Waals surface area contributed by atoms with E-state index in [2.05, 4.69) is 10.3 Å². The van der Waals surface area contributed by atoms with E-state index in [-0.39, 0.29) is 13.0 Å². The maximum absolute atomic E-state index is 12.0. The summed E-state index contributed by atoms with van der Waals surface area (Å²) in [5, 5.41) is 3.57. The molecule has 0 radical (unpaired) electrons. The Morgan fingerprint density at radius 2 is 1.89 bits per heavy atom. The summed E-state index contributed by atoms with van der Waals surface area (Å²) in [5.74, 6) is -0.256. The number of para-hydroxylation sites is 3. The van der Waals surface area contributed by atoms with E-state index in [9.17, 15) is 9.59 Å². The van der Waals surface area contributed by atoms with Gasteiger partial charge in [-0.05, 0) is 31.2 Å². The number of aryl methyl sites for hydroxylation is 1. The number of nitrogens with zero attached hydrogens (tertiary/aromatic N) is 1. The van der Waals surface area contributed by atoms with Crippen molar-refractivity contribution in [2.75, 3.05) is 18.5 Å². The van der Waals surface area contributed by atoms with Crippen molar-refractivity contribution in [3.63, 3.8) is 0 Å². The SMILES string of the molecule is CCOc1ccccc1NC(=O)COC(=O)CCc1nc2ccccc2s1. The number of amides is 1. The molecule has 0 saturated carbocycles. The number of carbonyl (C=O) groups excluding carboxylic acids is 2. The number of anilines is 1. The van der Waals surface area contributed by atoms with E-state index in [1.807, 2.05) is 37.3 Å². The molecule has 1 heterocycles. The van der Waals surface area contributed by atoms with Gasteiger partial charge in [0.15, 0.2) is 6.61 Å². The quantitative estimate of drug-likeness (QED) is 0.598. The van der Waals surface area contributed by atoms with Crippen molar-refractivity contribution in [2.45, 2.75) is 19.8 Å². The Hall–Kier alpha value is -2.93. The Morgan fingerprint density at radius 1 is 1.11 bits per heavy atom. The molecular weight excluding hydrogens is 364 g/mol. The molecule has 0 aliphatic rings. The van der Waals surface area contributed by atoms with Crippen molar-refractivity contribution in [3.8, 4) is 5.75 Å². The van der Waals surface area contributed by atoms with Crippen molar-refractivity contribution < 1.29 is 19.1 Å². The van der Waals surface area contributed by atoms with Gasteiger partial charge in [0.2, 0.25) is 0 Å². The first-order valence-electron chi connectivity index (χ1n) is 8.67. The van der Waals surface area contributed by atoms with E-state index in [0.717, 1.165) is 15.2 Å². The fourth-order valence-corrected chi connectivity index (χ4v) is 3.46. The van der Waals surface area contributed by atoms with Crippen molar-refractivity contribution >= 4 is 39.1 Å². The Kier molecular flexibility index (Phi) is 6.38. The summed E-state index contributed by atoms with van der Waals surface area (Å²) in [6.07, 6.45) is 0.676. The van der Waals surface area contributed by atoms with Crippen LogP contribution >= 0.6 is 11.3 Å². The standard InChI is InChI=1S/C20H20N2O4S/c1-2-25-16-9-5-3-7-14(16)21-18(23)13-26-20(24)12-11-19-22-15-8-4-6-10-17(15)27-19/h3-10H,2,11-13H2,1H3,(H,21,23). The molecule has 1 amide bonds. The predicted octanol–water partition coefficient (Wildman–Crippen LogP) is 3.81. The summed E-state index contributed by atoms with van der Waals surface area (Å²) in [5.41, 5.74) is 1.48. The highest BCUT2D eigenvalue weighted by atomic mass is 32.1. The highest BCUT2D eigenvalue weighted by molar-refractivity contribution is 7.18. The maximum atomic E-state index is 12.0. The second-order valence-corrected chi connectivity index (χ2v) is 6.83. The van der Waals surface area contributed by atoms with Crippen LogP contribution in [0.15, 0.2) is 48.5 Å². The number of thiazole rings is 1. The molecule has 0 spiro atoms. The van der Waals surface area contributed by atoms with Gasteiger partial charge in [0.25, 0.3) is 5.91 Å². The topological polar surface area (TPSA) is 77.5 Å². The number of esters is 1. The molecule has 6 nitrogen and oxygen atoms in total. The molecule has 0 saturated heterocycles. The number of hydrogen-bond donors (Lipinski definition) is 1. The van der Waals surface area contributed by atoms with E-state index in [4.69, 9.17) is 9.47 Å². The lowest BCUT2D eigenvalue weighted by atomic mass is 10.3. The van der Waals surface area contributed by atoms with Gasteiger partial charge in [-0.25, -0.2) is 4.98 Å². The third-order valence-electron chi connectivity index (χ3n) is 3.71. The number of ether oxygens (including phenoxy) is 2. The van der Waals surface area contributed by atoms with E-state index in [0.29, 0.717) is 24.5 Å². The zero-order valence-electron chi connectivity index (χ0n) is 14.9. The largest absolute Gasteiger partial charge is 0.492 e. The van der Waals surface area contributed by atoms with Crippen LogP contribution < -0.4 is 10.1 Å². The Morgan fingerprint density at radius 3 is 2.70 bits per heavy atom. The van der Waals surface area contributed by atoms with E-state index < -0.39 is 11.9 Å². The summed E-state index contributed by atoms with van der Waals surface area (Å²) in [4.78, 5) is 28.4. The van der Waals surface area contributed by atoms with Crippen molar-refractivity contribution in [1.82, 2.24) is 4.98 Å². The number of carbonyl (C=O) groups is 2. The minimum absolute atomic E-state index is 0.183. The first-order chi connectivity index (χ1) is 13.2. The normalized spacial score (nSPS) is 10.6. The van der Waals surface area contributed by atoms with Crippen LogP contribution in [0.4, 0.5) is 5.69 Å². The van der Waals surface area contributed by atoms with Gasteiger partial charge in [0.1, 0.15) is 5.75 Å². The molecule has 140 valence electrons. The minimum Gasteiger partial charge on any atom is -0.492 e. The van der Waals surface area contributed by atoms with E-state index >= 15 is 0 Å². The van der Waals surface area contributed by atoms with Gasteiger partial charge >= 0.3 is 5.97 Å². The average Bonchev–Trinajstić information content (AvgIpc) is 3.09. The first kappa shape index (κ1) is 18.8. The van der Waals surface area contributed by atoms with Gasteiger partial charge in [-0.3, -0.25) is 9.59 Å². The molecule has 0 fully saturated rings. The second-order valence-electron chi connectivity index (χ2n) is 5.71. The van der Waals surface area contributed by atoms with Gasteiger partial charge < -0.3 is 14.8 Å². The van der Waals surface area contributed by atoms with Crippen LogP contribution in [0.3, 0.4) is 0 Å². The van der Waals surface area contributed by atoms with Crippen LogP contribution in [-0.4, -0.2) is 30.1 Å². The zero-order chi connectivity index (χ0) is 19.1. The molecule has 0 atom stereocenters. The van der Waals surface area contributed by atoms with Crippen LogP contribution in [0.1, 0.15) is 18.4 Å². The minimum atomic E-state index is -0.428. The van der Waals surface area contributed by atoms with Crippen LogP contribution in [0.25, 0.3) is 10.2 Å². The van der Waals surface area contributed by atoms with Crippen molar-refractivity contribution in [2.24, 2.45) is 0 Å². The summed E-state index contributed by atoms with van der Waals surface area (Å²) in [6, 6.07) is 15.0. The molecular formula is C20H20N2O4S. The fourth-order valence-electron chi connectivity index (χ4n) is 2.49. The summed E-state index contributed by atoms with van der Waals surface area (Å²) >= 11 is 1.56. The van der Waals surface area contributed by atoms with Crippen LogP contribution in [0, 0.1) is 0 Å². The monoisotopic (exact) mass is 384 g/mol. The van der Waals surface area contributed by atoms with Crippen molar-refractivity contribution in [3.05, 3.63) is 53.5 Å². The Bertz CT molecular complexity index is 905. The molecule has 0 unspecified atom stereocenters. The van der Waals surface area contributed by atoms with Crippen molar-refractivity contribution in [1.29, 1.82) is 0 Å². The number of nitrogens with one attached hydrogen (secondary N) is 1. The molecule has 3 aromatic rings. The van der Waals surface area contributed by atoms with Gasteiger partial charge in [0.05, 0.1) is 33.9 Å². The van der Waals surface area contributed by atoms with Gasteiger partial charge in [-0.2, -0.15) is 0 Å². The van der Waals surface area contributed by atoms with Crippen LogP contribution in [0.2, 0.25) is 0 Å². The lowest BCUT2D eigenvalue weighted by molar-refractivity contribution is -0.147. The molecule has 1 aromatic heterocycles. The van der Waals surface area contributed by atoms with Gasteiger partial charge in [-0.15, -0.1) is 11.3 Å². The highest BCUT2D eigenvalue weighted by Crippen LogP contribution is 2.24. The Balaban J connectivity index is 1.45. The lowest BCUT2D eigenvalue weighted by Crippen LogP contribution is -2.21. The smallest absolute Gasteiger partial charge is 0.306 e. The Labute approximate surface area is 161 Å². The van der Waals surface area contributed by atoms with E-state index in [1.54, 1.807) is 29.5 Å². The number of fused-ring (bicyclic) bond motifs is 1. The molecule has 7 heteroatoms. The summed E-state index contributed by atoms with van der Waals surface area (Å²) in [6.45, 7) is 2.03. The number of hydrogen-bond acceptors (Lipinski definition) is 6. The average molecular weight is 384 g/mol. The third kappa shape index (κ3) is 5.27. The zero-order valence-corrected chi connectivity index (χ0v) is 15.8. The molecule has 0 bridgehead atoms. The van der Waals surface area contributed by atoms with Crippen LogP contribution in [0.5, 0.6) is 5.75 Å². The third-order valence-corrected chi connectivity index (χ3v) is 4.80. The van der Waals surface area contributed by atoms with E-state index in [1.165, 1.54) is 0 Å². The lowest BCUT2D eigenvalue weighted by Gasteiger charge is -2.11. The molecule has 3 rings (SSSR count). The molecule has 1 N–H and O–H groups in total. The van der Waals surface area contributed by atoms with Gasteiger partial charge in [0, 0.05) is 6.42 Å². The predicted molar refractivity (Wildman–Crippen MR) is 105 cm³/mol.